The highest BCUT2D eigenvalue weighted by Crippen LogP contribution is 2.27. The maximum atomic E-state index is 12.8. The molecule has 0 unspecified atom stereocenters. The zero-order valence-corrected chi connectivity index (χ0v) is 13.6. The van der Waals surface area contributed by atoms with E-state index in [2.05, 4.69) is 15.2 Å². The summed E-state index contributed by atoms with van der Waals surface area (Å²) in [5.74, 6) is 0.678. The molecule has 6 heteroatoms. The average Bonchev–Trinajstić information content (AvgIpc) is 3.11. The number of carbonyl (C=O) groups is 1. The van der Waals surface area contributed by atoms with Gasteiger partial charge in [0, 0.05) is 36.4 Å². The van der Waals surface area contributed by atoms with Crippen molar-refractivity contribution in [1.29, 1.82) is 0 Å². The highest BCUT2D eigenvalue weighted by atomic mass is 16.2. The predicted molar refractivity (Wildman–Crippen MR) is 88.6 cm³/mol. The van der Waals surface area contributed by atoms with Gasteiger partial charge in [-0.05, 0) is 51.4 Å². The molecule has 1 aromatic heterocycles. The maximum Gasteiger partial charge on any atom is 0.270 e. The van der Waals surface area contributed by atoms with E-state index in [0.717, 1.165) is 68.8 Å². The van der Waals surface area contributed by atoms with Crippen molar-refractivity contribution in [2.45, 2.75) is 63.5 Å². The molecule has 3 N–H and O–H groups in total. The Balaban J connectivity index is 1.65. The van der Waals surface area contributed by atoms with E-state index in [1.54, 1.807) is 0 Å². The molecule has 6 nitrogen and oxygen atoms in total. The van der Waals surface area contributed by atoms with Gasteiger partial charge in [0.2, 0.25) is 5.95 Å². The van der Waals surface area contributed by atoms with Crippen LogP contribution in [0, 0.1) is 0 Å². The van der Waals surface area contributed by atoms with Crippen molar-refractivity contribution in [3.63, 3.8) is 0 Å². The second-order valence-corrected chi connectivity index (χ2v) is 7.02. The summed E-state index contributed by atoms with van der Waals surface area (Å²) in [6, 6.07) is 0.196. The summed E-state index contributed by atoms with van der Waals surface area (Å²) in [5.41, 5.74) is 8.69. The number of fused-ring (bicyclic) bond motifs is 1. The van der Waals surface area contributed by atoms with Gasteiger partial charge in [0.05, 0.1) is 0 Å². The lowest BCUT2D eigenvalue weighted by Crippen LogP contribution is -2.54. The summed E-state index contributed by atoms with van der Waals surface area (Å²) in [4.78, 5) is 24.4. The van der Waals surface area contributed by atoms with Gasteiger partial charge in [-0.15, -0.1) is 0 Å². The van der Waals surface area contributed by atoms with Crippen LogP contribution in [0.1, 0.15) is 60.3 Å². The highest BCUT2D eigenvalue weighted by molar-refractivity contribution is 5.94. The van der Waals surface area contributed by atoms with Crippen LogP contribution < -0.4 is 16.0 Å². The molecule has 0 spiro atoms. The molecule has 1 saturated carbocycles. The molecule has 1 aromatic rings. The van der Waals surface area contributed by atoms with Gasteiger partial charge in [0.15, 0.2) is 0 Å². The van der Waals surface area contributed by atoms with Crippen LogP contribution >= 0.6 is 0 Å². The van der Waals surface area contributed by atoms with Gasteiger partial charge in [-0.2, -0.15) is 0 Å². The van der Waals surface area contributed by atoms with E-state index >= 15 is 0 Å². The third-order valence-corrected chi connectivity index (χ3v) is 5.42. The largest absolute Gasteiger partial charge is 0.346 e. The van der Waals surface area contributed by atoms with E-state index < -0.39 is 0 Å². The number of carbonyl (C=O) groups excluding carboxylic acids is 1. The fraction of sp³-hybridized carbons (Fsp3) is 0.706. The van der Waals surface area contributed by atoms with E-state index in [9.17, 15) is 4.79 Å². The topological polar surface area (TPSA) is 84.1 Å². The SMILES string of the molecule is N[C@@H]1CC[C@@H]1NC(=O)c1nc(N2CCCC2)nc2c1CCCC2. The molecule has 2 heterocycles. The number of nitrogens with one attached hydrogen (secondary N) is 1. The fourth-order valence-electron chi connectivity index (χ4n) is 3.77. The number of aromatic nitrogens is 2. The molecule has 2 aliphatic carbocycles. The molecule has 4 rings (SSSR count). The van der Waals surface area contributed by atoms with Crippen LogP contribution in [-0.4, -0.2) is 41.0 Å². The van der Waals surface area contributed by atoms with Crippen molar-refractivity contribution >= 4 is 11.9 Å². The molecule has 1 amide bonds. The van der Waals surface area contributed by atoms with Crippen molar-refractivity contribution in [3.05, 3.63) is 17.0 Å². The summed E-state index contributed by atoms with van der Waals surface area (Å²) in [7, 11) is 0. The molecule has 0 radical (unpaired) electrons. The Bertz CT molecular complexity index is 611. The van der Waals surface area contributed by atoms with E-state index in [-0.39, 0.29) is 18.0 Å². The number of hydrogen-bond donors (Lipinski definition) is 2. The van der Waals surface area contributed by atoms with Crippen LogP contribution in [0.15, 0.2) is 0 Å². The number of nitrogens with zero attached hydrogens (tertiary/aromatic N) is 3. The first-order valence-corrected chi connectivity index (χ1v) is 8.93. The quantitative estimate of drug-likeness (QED) is 0.875. The number of amides is 1. The van der Waals surface area contributed by atoms with Gasteiger partial charge < -0.3 is 16.0 Å². The lowest BCUT2D eigenvalue weighted by Gasteiger charge is -2.34. The third-order valence-electron chi connectivity index (χ3n) is 5.42. The standard InChI is InChI=1S/C17H25N5O/c18-12-7-8-14(12)19-16(23)15-11-5-1-2-6-13(11)20-17(21-15)22-9-3-4-10-22/h12,14H,1-10,18H2,(H,19,23)/t12-,14+/m1/s1. The van der Waals surface area contributed by atoms with Crippen molar-refractivity contribution < 1.29 is 4.79 Å². The van der Waals surface area contributed by atoms with Gasteiger partial charge in [0.25, 0.3) is 5.91 Å². The predicted octanol–water partition coefficient (Wildman–Crippen LogP) is 1.18. The zero-order valence-electron chi connectivity index (χ0n) is 13.6. The number of rotatable bonds is 3. The van der Waals surface area contributed by atoms with Gasteiger partial charge in [-0.25, -0.2) is 9.97 Å². The lowest BCUT2D eigenvalue weighted by atomic mass is 9.87. The molecule has 124 valence electrons. The number of nitrogens with two attached hydrogens (primary N) is 1. The third kappa shape index (κ3) is 2.80. The summed E-state index contributed by atoms with van der Waals surface area (Å²) < 4.78 is 0. The Labute approximate surface area is 136 Å². The van der Waals surface area contributed by atoms with Crippen LogP contribution in [0.25, 0.3) is 0 Å². The minimum atomic E-state index is -0.0638. The molecule has 2 atom stereocenters. The van der Waals surface area contributed by atoms with Crippen molar-refractivity contribution in [1.82, 2.24) is 15.3 Å². The molecular weight excluding hydrogens is 290 g/mol. The van der Waals surface area contributed by atoms with Crippen LogP contribution in [0.2, 0.25) is 0 Å². The Morgan fingerprint density at radius 3 is 2.57 bits per heavy atom. The first-order valence-electron chi connectivity index (χ1n) is 8.93. The van der Waals surface area contributed by atoms with Crippen LogP contribution in [0.3, 0.4) is 0 Å². The lowest BCUT2D eigenvalue weighted by molar-refractivity contribution is 0.0899. The summed E-state index contributed by atoms with van der Waals surface area (Å²) in [6.07, 6.45) is 8.46. The second kappa shape index (κ2) is 6.07. The van der Waals surface area contributed by atoms with E-state index in [0.29, 0.717) is 5.69 Å². The summed E-state index contributed by atoms with van der Waals surface area (Å²) >= 11 is 0. The van der Waals surface area contributed by atoms with Gasteiger partial charge in [-0.3, -0.25) is 4.79 Å². The molecule has 0 aromatic carbocycles. The highest BCUT2D eigenvalue weighted by Gasteiger charge is 2.31. The van der Waals surface area contributed by atoms with Gasteiger partial charge in [-0.1, -0.05) is 0 Å². The van der Waals surface area contributed by atoms with E-state index in [1.165, 1.54) is 12.8 Å². The van der Waals surface area contributed by atoms with Crippen molar-refractivity contribution in [2.75, 3.05) is 18.0 Å². The molecule has 2 fully saturated rings. The molecule has 1 aliphatic heterocycles. The Kier molecular flexibility index (Phi) is 3.93. The second-order valence-electron chi connectivity index (χ2n) is 7.02. The fourth-order valence-corrected chi connectivity index (χ4v) is 3.77. The molecule has 3 aliphatic rings. The Morgan fingerprint density at radius 1 is 1.09 bits per heavy atom. The van der Waals surface area contributed by atoms with Crippen LogP contribution in [0.5, 0.6) is 0 Å². The van der Waals surface area contributed by atoms with Gasteiger partial charge in [0.1, 0.15) is 5.69 Å². The monoisotopic (exact) mass is 315 g/mol. The van der Waals surface area contributed by atoms with E-state index in [1.807, 2.05) is 0 Å². The summed E-state index contributed by atoms with van der Waals surface area (Å²) in [5, 5.41) is 3.08. The van der Waals surface area contributed by atoms with E-state index in [4.69, 9.17) is 10.7 Å². The molecule has 0 bridgehead atoms. The molecule has 1 saturated heterocycles. The first-order chi connectivity index (χ1) is 11.2. The molecule has 23 heavy (non-hydrogen) atoms. The molecular formula is C17H25N5O. The van der Waals surface area contributed by atoms with Crippen LogP contribution in [-0.2, 0) is 12.8 Å². The van der Waals surface area contributed by atoms with Crippen molar-refractivity contribution in [2.24, 2.45) is 5.73 Å². The zero-order chi connectivity index (χ0) is 15.8. The minimum Gasteiger partial charge on any atom is -0.346 e. The number of anilines is 1. The Morgan fingerprint density at radius 2 is 1.87 bits per heavy atom. The minimum absolute atomic E-state index is 0.0638. The Hall–Kier alpha value is -1.69. The smallest absolute Gasteiger partial charge is 0.270 e. The van der Waals surface area contributed by atoms with Crippen molar-refractivity contribution in [3.8, 4) is 0 Å². The average molecular weight is 315 g/mol. The normalized spacial score (nSPS) is 26.6. The number of hydrogen-bond acceptors (Lipinski definition) is 5. The van der Waals surface area contributed by atoms with Gasteiger partial charge >= 0.3 is 0 Å². The summed E-state index contributed by atoms with van der Waals surface area (Å²) in [6.45, 7) is 1.99. The first kappa shape index (κ1) is 14.9. The van der Waals surface area contributed by atoms with Crippen LogP contribution in [0.4, 0.5) is 5.95 Å². The maximum absolute atomic E-state index is 12.8. The number of aryl methyl sites for hydroxylation is 1.